The Morgan fingerprint density at radius 1 is 1.43 bits per heavy atom. The second-order valence-corrected chi connectivity index (χ2v) is 6.24. The Hall–Kier alpha value is -1.66. The molecule has 2 rings (SSSR count). The van der Waals surface area contributed by atoms with E-state index in [4.69, 9.17) is 5.84 Å². The van der Waals surface area contributed by atoms with Gasteiger partial charge in [0.15, 0.2) is 0 Å². The molecule has 116 valence electrons. The Kier molecular flexibility index (Phi) is 4.80. The van der Waals surface area contributed by atoms with E-state index in [1.165, 1.54) is 12.5 Å². The third-order valence-corrected chi connectivity index (χ3v) is 4.52. The van der Waals surface area contributed by atoms with Gasteiger partial charge >= 0.3 is 0 Å². The van der Waals surface area contributed by atoms with Crippen molar-refractivity contribution in [2.45, 2.75) is 39.8 Å². The molecule has 1 aliphatic heterocycles. The van der Waals surface area contributed by atoms with Gasteiger partial charge in [0, 0.05) is 25.2 Å². The number of anilines is 1. The van der Waals surface area contributed by atoms with Crippen LogP contribution in [0.4, 0.5) is 11.4 Å². The summed E-state index contributed by atoms with van der Waals surface area (Å²) in [5, 5.41) is 10.9. The molecule has 3 N–H and O–H groups in total. The minimum Gasteiger partial charge on any atom is -0.318 e. The highest BCUT2D eigenvalue weighted by atomic mass is 16.6. The van der Waals surface area contributed by atoms with Crippen LogP contribution in [0.1, 0.15) is 32.8 Å². The van der Waals surface area contributed by atoms with Gasteiger partial charge < -0.3 is 5.43 Å². The molecule has 0 amide bonds. The normalized spacial score (nSPS) is 26.6. The fourth-order valence-corrected chi connectivity index (χ4v) is 3.23. The largest absolute Gasteiger partial charge is 0.318 e. The summed E-state index contributed by atoms with van der Waals surface area (Å²) in [7, 11) is 0. The van der Waals surface area contributed by atoms with Crippen molar-refractivity contribution in [3.8, 4) is 0 Å². The zero-order valence-corrected chi connectivity index (χ0v) is 12.9. The van der Waals surface area contributed by atoms with Crippen LogP contribution in [0.3, 0.4) is 0 Å². The van der Waals surface area contributed by atoms with Crippen molar-refractivity contribution >= 4 is 11.4 Å². The summed E-state index contributed by atoms with van der Waals surface area (Å²) < 4.78 is 0. The maximum Gasteiger partial charge on any atom is 0.293 e. The first-order chi connectivity index (χ1) is 9.92. The predicted octanol–water partition coefficient (Wildman–Crippen LogP) is 2.75. The lowest BCUT2D eigenvalue weighted by molar-refractivity contribution is -0.384. The molecule has 0 aliphatic carbocycles. The van der Waals surface area contributed by atoms with Gasteiger partial charge in [-0.1, -0.05) is 19.9 Å². The van der Waals surface area contributed by atoms with Gasteiger partial charge in [0.1, 0.15) is 5.69 Å². The number of nitrogens with one attached hydrogen (secondary N) is 1. The van der Waals surface area contributed by atoms with Crippen molar-refractivity contribution in [1.29, 1.82) is 0 Å². The van der Waals surface area contributed by atoms with E-state index in [0.717, 1.165) is 18.7 Å². The van der Waals surface area contributed by atoms with Crippen LogP contribution in [0.2, 0.25) is 0 Å². The number of piperidine rings is 1. The summed E-state index contributed by atoms with van der Waals surface area (Å²) in [6, 6.07) is 5.63. The van der Waals surface area contributed by atoms with E-state index in [9.17, 15) is 10.1 Å². The Morgan fingerprint density at radius 2 is 2.14 bits per heavy atom. The molecule has 6 heteroatoms. The molecule has 3 unspecified atom stereocenters. The number of hydrogen-bond donors (Lipinski definition) is 2. The van der Waals surface area contributed by atoms with E-state index in [0.29, 0.717) is 23.6 Å². The van der Waals surface area contributed by atoms with Crippen LogP contribution in [0.15, 0.2) is 18.2 Å². The maximum absolute atomic E-state index is 10.9. The highest BCUT2D eigenvalue weighted by Gasteiger charge is 2.28. The van der Waals surface area contributed by atoms with Crippen molar-refractivity contribution in [2.24, 2.45) is 17.7 Å². The summed E-state index contributed by atoms with van der Waals surface area (Å²) >= 11 is 0. The highest BCUT2D eigenvalue weighted by molar-refractivity contribution is 5.62. The number of nitro benzene ring substituents is 1. The van der Waals surface area contributed by atoms with Crippen LogP contribution in [-0.4, -0.2) is 22.4 Å². The van der Waals surface area contributed by atoms with Crippen LogP contribution in [0.25, 0.3) is 0 Å². The Labute approximate surface area is 125 Å². The van der Waals surface area contributed by atoms with Gasteiger partial charge in [-0.15, -0.1) is 0 Å². The number of likely N-dealkylation sites (tertiary alicyclic amines) is 1. The summed E-state index contributed by atoms with van der Waals surface area (Å²) in [6.07, 6.45) is 1.26. The van der Waals surface area contributed by atoms with E-state index in [2.05, 4.69) is 31.1 Å². The molecule has 0 saturated carbocycles. The zero-order valence-electron chi connectivity index (χ0n) is 12.9. The SMILES string of the molecule is CC1CC(C)C(C)N(Cc2ccc([N+](=O)[O-])c(NN)c2)C1. The molecule has 0 aromatic heterocycles. The number of nitro groups is 1. The van der Waals surface area contributed by atoms with Gasteiger partial charge in [-0.25, -0.2) is 0 Å². The second-order valence-electron chi connectivity index (χ2n) is 6.24. The molecule has 21 heavy (non-hydrogen) atoms. The van der Waals surface area contributed by atoms with Gasteiger partial charge in [0.05, 0.1) is 4.92 Å². The van der Waals surface area contributed by atoms with Gasteiger partial charge in [0.25, 0.3) is 5.69 Å². The Morgan fingerprint density at radius 3 is 2.76 bits per heavy atom. The van der Waals surface area contributed by atoms with E-state index < -0.39 is 4.92 Å². The van der Waals surface area contributed by atoms with Crippen LogP contribution in [0, 0.1) is 22.0 Å². The average molecular weight is 292 g/mol. The van der Waals surface area contributed by atoms with Crippen molar-refractivity contribution in [1.82, 2.24) is 4.90 Å². The molecule has 1 aliphatic rings. The molecule has 3 atom stereocenters. The summed E-state index contributed by atoms with van der Waals surface area (Å²) in [5.74, 6) is 6.74. The topological polar surface area (TPSA) is 84.4 Å². The van der Waals surface area contributed by atoms with E-state index in [-0.39, 0.29) is 5.69 Å². The number of rotatable bonds is 4. The van der Waals surface area contributed by atoms with Crippen LogP contribution in [-0.2, 0) is 6.54 Å². The lowest BCUT2D eigenvalue weighted by Gasteiger charge is -2.41. The van der Waals surface area contributed by atoms with E-state index >= 15 is 0 Å². The molecular formula is C15H24N4O2. The molecule has 6 nitrogen and oxygen atoms in total. The third-order valence-electron chi connectivity index (χ3n) is 4.52. The molecule has 1 fully saturated rings. The molecule has 1 aromatic carbocycles. The van der Waals surface area contributed by atoms with Crippen LogP contribution >= 0.6 is 0 Å². The minimum atomic E-state index is -0.424. The van der Waals surface area contributed by atoms with Crippen molar-refractivity contribution in [2.75, 3.05) is 12.0 Å². The molecule has 0 radical (unpaired) electrons. The Balaban J connectivity index is 2.17. The number of benzene rings is 1. The fourth-order valence-electron chi connectivity index (χ4n) is 3.23. The molecule has 1 saturated heterocycles. The number of hydrazine groups is 1. The molecular weight excluding hydrogens is 268 g/mol. The quantitative estimate of drug-likeness (QED) is 0.506. The molecule has 1 aromatic rings. The lowest BCUT2D eigenvalue weighted by atomic mass is 9.86. The average Bonchev–Trinajstić information content (AvgIpc) is 2.43. The summed E-state index contributed by atoms with van der Waals surface area (Å²) in [5.41, 5.74) is 3.84. The van der Waals surface area contributed by atoms with Gasteiger partial charge in [-0.05, 0) is 36.8 Å². The highest BCUT2D eigenvalue weighted by Crippen LogP contribution is 2.30. The van der Waals surface area contributed by atoms with Crippen molar-refractivity contribution in [3.05, 3.63) is 33.9 Å². The van der Waals surface area contributed by atoms with E-state index in [1.54, 1.807) is 6.07 Å². The third kappa shape index (κ3) is 3.51. The fraction of sp³-hybridized carbons (Fsp3) is 0.600. The predicted molar refractivity (Wildman–Crippen MR) is 83.7 cm³/mol. The van der Waals surface area contributed by atoms with Crippen molar-refractivity contribution in [3.63, 3.8) is 0 Å². The summed E-state index contributed by atoms with van der Waals surface area (Å²) in [6.45, 7) is 8.68. The van der Waals surface area contributed by atoms with E-state index in [1.807, 2.05) is 6.07 Å². The minimum absolute atomic E-state index is 0.00896. The Bertz CT molecular complexity index is 520. The molecule has 0 spiro atoms. The van der Waals surface area contributed by atoms with Crippen LogP contribution < -0.4 is 11.3 Å². The smallest absolute Gasteiger partial charge is 0.293 e. The standard InChI is InChI=1S/C15H24N4O2/c1-10-6-11(2)12(3)18(8-10)9-13-4-5-15(19(20)21)14(7-13)17-16/h4-5,7,10-12,17H,6,8-9,16H2,1-3H3. The maximum atomic E-state index is 10.9. The first-order valence-corrected chi connectivity index (χ1v) is 7.40. The number of hydrogen-bond acceptors (Lipinski definition) is 5. The van der Waals surface area contributed by atoms with Gasteiger partial charge in [0.2, 0.25) is 0 Å². The number of nitrogens with zero attached hydrogens (tertiary/aromatic N) is 2. The van der Waals surface area contributed by atoms with Gasteiger partial charge in [-0.2, -0.15) is 0 Å². The molecule has 0 bridgehead atoms. The first kappa shape index (κ1) is 15.7. The number of nitrogen functional groups attached to an aromatic ring is 1. The first-order valence-electron chi connectivity index (χ1n) is 7.40. The molecule has 1 heterocycles. The number of nitrogens with two attached hydrogens (primary N) is 1. The lowest BCUT2D eigenvalue weighted by Crippen LogP contribution is -2.45. The van der Waals surface area contributed by atoms with Crippen LogP contribution in [0.5, 0.6) is 0 Å². The summed E-state index contributed by atoms with van der Waals surface area (Å²) in [4.78, 5) is 12.9. The zero-order chi connectivity index (χ0) is 15.6. The second kappa shape index (κ2) is 6.41. The monoisotopic (exact) mass is 292 g/mol. The van der Waals surface area contributed by atoms with Gasteiger partial charge in [-0.3, -0.25) is 20.9 Å². The van der Waals surface area contributed by atoms with Crippen molar-refractivity contribution < 1.29 is 4.92 Å².